The minimum Gasteiger partial charge on any atom is -0.497 e. The average Bonchev–Trinajstić information content (AvgIpc) is 3.31. The summed E-state index contributed by atoms with van der Waals surface area (Å²) in [6.45, 7) is 1.97. The fourth-order valence-corrected chi connectivity index (χ4v) is 5.89. The van der Waals surface area contributed by atoms with Gasteiger partial charge in [0, 0.05) is 17.4 Å². The normalized spacial score (nSPS) is 16.0. The molecule has 0 spiro atoms. The highest BCUT2D eigenvalue weighted by atomic mass is 35.5. The Morgan fingerprint density at radius 2 is 1.74 bits per heavy atom. The van der Waals surface area contributed by atoms with Crippen molar-refractivity contribution < 1.29 is 13.2 Å². The van der Waals surface area contributed by atoms with Crippen molar-refractivity contribution in [2.75, 3.05) is 7.11 Å². The van der Waals surface area contributed by atoms with E-state index >= 15 is 0 Å². The van der Waals surface area contributed by atoms with Crippen LogP contribution in [0, 0.1) is 6.92 Å². The van der Waals surface area contributed by atoms with E-state index in [-0.39, 0.29) is 10.0 Å². The van der Waals surface area contributed by atoms with Crippen LogP contribution >= 0.6 is 11.6 Å². The summed E-state index contributed by atoms with van der Waals surface area (Å²) < 4.78 is 33.7. The van der Waals surface area contributed by atoms with Crippen molar-refractivity contribution in [3.8, 4) is 5.75 Å². The van der Waals surface area contributed by atoms with Gasteiger partial charge in [0.1, 0.15) is 10.9 Å². The van der Waals surface area contributed by atoms with E-state index in [1.54, 1.807) is 37.4 Å². The van der Waals surface area contributed by atoms with Crippen molar-refractivity contribution in [3.63, 3.8) is 0 Å². The number of hydrogen-bond acceptors (Lipinski definition) is 5. The molecule has 8 heteroatoms. The van der Waals surface area contributed by atoms with Gasteiger partial charge >= 0.3 is 0 Å². The van der Waals surface area contributed by atoms with Gasteiger partial charge in [0.05, 0.1) is 29.3 Å². The molecule has 0 aliphatic carbocycles. The Morgan fingerprint density at radius 3 is 2.44 bits per heavy atom. The van der Waals surface area contributed by atoms with Crippen LogP contribution in [0.2, 0.25) is 5.15 Å². The summed E-state index contributed by atoms with van der Waals surface area (Å²) in [4.78, 5) is 4.77. The van der Waals surface area contributed by atoms with E-state index in [1.165, 1.54) is 4.41 Å². The smallest absolute Gasteiger partial charge is 0.279 e. The quantitative estimate of drug-likeness (QED) is 0.333. The van der Waals surface area contributed by atoms with E-state index in [1.807, 2.05) is 55.5 Å². The number of para-hydroxylation sites is 1. The van der Waals surface area contributed by atoms with Crippen LogP contribution in [0.3, 0.4) is 0 Å². The van der Waals surface area contributed by atoms with Gasteiger partial charge in [0.15, 0.2) is 0 Å². The second-order valence-corrected chi connectivity index (χ2v) is 10.3. The Labute approximate surface area is 203 Å². The molecule has 0 bridgehead atoms. The van der Waals surface area contributed by atoms with Gasteiger partial charge in [-0.2, -0.15) is 17.9 Å². The predicted molar refractivity (Wildman–Crippen MR) is 134 cm³/mol. The lowest BCUT2D eigenvalue weighted by Gasteiger charge is -2.24. The minimum atomic E-state index is -3.93. The third-order valence-corrected chi connectivity index (χ3v) is 7.97. The third-order valence-electron chi connectivity index (χ3n) is 5.97. The average molecular weight is 492 g/mol. The summed E-state index contributed by atoms with van der Waals surface area (Å²) in [6.07, 6.45) is 0.358. The second kappa shape index (κ2) is 8.74. The molecule has 4 aromatic rings. The molecule has 0 fully saturated rings. The molecule has 0 amide bonds. The lowest BCUT2D eigenvalue weighted by Crippen LogP contribution is -2.27. The predicted octanol–water partition coefficient (Wildman–Crippen LogP) is 5.75. The summed E-state index contributed by atoms with van der Waals surface area (Å²) in [6, 6.07) is 22.9. The van der Waals surface area contributed by atoms with E-state index in [2.05, 4.69) is 10.1 Å². The van der Waals surface area contributed by atoms with Crippen LogP contribution in [-0.2, 0) is 10.0 Å². The molecule has 3 aromatic carbocycles. The Kier molecular flexibility index (Phi) is 5.75. The lowest BCUT2D eigenvalue weighted by molar-refractivity contribution is 0.371. The van der Waals surface area contributed by atoms with Crippen molar-refractivity contribution in [2.45, 2.75) is 24.3 Å². The number of nitrogens with zero attached hydrogens (tertiary/aromatic N) is 3. The number of methoxy groups -OCH3 is 1. The zero-order valence-corrected chi connectivity index (χ0v) is 20.2. The number of rotatable bonds is 5. The molecule has 0 radical (unpaired) electrons. The van der Waals surface area contributed by atoms with Gasteiger partial charge in [0.2, 0.25) is 0 Å². The SMILES string of the molecule is COc1ccc(C2=NN(S(=O)(=O)c3ccccc3)[C@@H](c3cc4cccc(C)c4nc3Cl)C2)cc1. The number of hydrogen-bond donors (Lipinski definition) is 0. The zero-order valence-electron chi connectivity index (χ0n) is 18.6. The number of aromatic nitrogens is 1. The molecule has 1 atom stereocenters. The van der Waals surface area contributed by atoms with Gasteiger partial charge in [-0.3, -0.25) is 0 Å². The Bertz CT molecular complexity index is 1500. The molecule has 34 heavy (non-hydrogen) atoms. The van der Waals surface area contributed by atoms with Gasteiger partial charge in [-0.1, -0.05) is 48.0 Å². The van der Waals surface area contributed by atoms with Crippen molar-refractivity contribution in [3.05, 3.63) is 101 Å². The van der Waals surface area contributed by atoms with Gasteiger partial charge in [-0.15, -0.1) is 0 Å². The molecule has 0 N–H and O–H groups in total. The monoisotopic (exact) mass is 491 g/mol. The maximum Gasteiger partial charge on any atom is 0.279 e. The van der Waals surface area contributed by atoms with Crippen LogP contribution in [0.15, 0.2) is 88.9 Å². The molecule has 0 unspecified atom stereocenters. The maximum atomic E-state index is 13.7. The third kappa shape index (κ3) is 3.91. The molecule has 2 heterocycles. The van der Waals surface area contributed by atoms with Gasteiger partial charge in [-0.05, 0) is 60.5 Å². The van der Waals surface area contributed by atoms with Crippen LogP contribution in [0.4, 0.5) is 0 Å². The van der Waals surface area contributed by atoms with E-state index in [0.29, 0.717) is 23.4 Å². The van der Waals surface area contributed by atoms with E-state index in [4.69, 9.17) is 16.3 Å². The number of pyridine rings is 1. The highest BCUT2D eigenvalue weighted by Gasteiger charge is 2.39. The number of halogens is 1. The summed E-state index contributed by atoms with van der Waals surface area (Å²) in [7, 11) is -2.33. The van der Waals surface area contributed by atoms with E-state index in [9.17, 15) is 8.42 Å². The van der Waals surface area contributed by atoms with Crippen molar-refractivity contribution >= 4 is 38.2 Å². The summed E-state index contributed by atoms with van der Waals surface area (Å²) in [5, 5.41) is 5.76. The van der Waals surface area contributed by atoms with Crippen LogP contribution < -0.4 is 4.74 Å². The minimum absolute atomic E-state index is 0.167. The first kappa shape index (κ1) is 22.4. The molecule has 0 saturated carbocycles. The van der Waals surface area contributed by atoms with Crippen molar-refractivity contribution in [1.29, 1.82) is 0 Å². The van der Waals surface area contributed by atoms with E-state index < -0.39 is 16.1 Å². The molecule has 6 nitrogen and oxygen atoms in total. The number of ether oxygens (including phenoxy) is 1. The maximum absolute atomic E-state index is 13.7. The van der Waals surface area contributed by atoms with Crippen LogP contribution in [0.1, 0.15) is 29.2 Å². The number of fused-ring (bicyclic) bond motifs is 1. The Morgan fingerprint density at radius 1 is 1.00 bits per heavy atom. The molecule has 1 aliphatic rings. The summed E-state index contributed by atoms with van der Waals surface area (Å²) in [5.41, 5.74) is 3.88. The fraction of sp³-hybridized carbons (Fsp3) is 0.154. The number of benzene rings is 3. The van der Waals surface area contributed by atoms with Gasteiger partial charge < -0.3 is 4.74 Å². The largest absolute Gasteiger partial charge is 0.497 e. The van der Waals surface area contributed by atoms with Crippen molar-refractivity contribution in [2.24, 2.45) is 5.10 Å². The lowest BCUT2D eigenvalue weighted by atomic mass is 9.98. The fourth-order valence-electron chi connectivity index (χ4n) is 4.17. The number of aryl methyl sites for hydroxylation is 1. The topological polar surface area (TPSA) is 71.9 Å². The van der Waals surface area contributed by atoms with Gasteiger partial charge in [-0.25, -0.2) is 4.98 Å². The first-order chi connectivity index (χ1) is 16.4. The molecule has 1 aliphatic heterocycles. The Balaban J connectivity index is 1.65. The van der Waals surface area contributed by atoms with Crippen LogP contribution in [0.25, 0.3) is 10.9 Å². The summed E-state index contributed by atoms with van der Waals surface area (Å²) >= 11 is 6.65. The highest BCUT2D eigenvalue weighted by molar-refractivity contribution is 7.89. The molecule has 0 saturated heterocycles. The summed E-state index contributed by atoms with van der Waals surface area (Å²) in [5.74, 6) is 0.713. The van der Waals surface area contributed by atoms with Crippen molar-refractivity contribution in [1.82, 2.24) is 9.40 Å². The van der Waals surface area contributed by atoms with Crippen LogP contribution in [0.5, 0.6) is 5.75 Å². The first-order valence-corrected chi connectivity index (χ1v) is 12.6. The molecule has 1 aromatic heterocycles. The van der Waals surface area contributed by atoms with Crippen LogP contribution in [-0.4, -0.2) is 30.6 Å². The van der Waals surface area contributed by atoms with E-state index in [0.717, 1.165) is 22.0 Å². The number of hydrazone groups is 1. The zero-order chi connectivity index (χ0) is 23.9. The Hall–Kier alpha value is -3.42. The molecule has 172 valence electrons. The molecular weight excluding hydrogens is 470 g/mol. The first-order valence-electron chi connectivity index (χ1n) is 10.8. The number of sulfonamides is 1. The molecular formula is C26H22ClN3O3S. The van der Waals surface area contributed by atoms with Gasteiger partial charge in [0.25, 0.3) is 10.0 Å². The highest BCUT2D eigenvalue weighted by Crippen LogP contribution is 2.40. The standard InChI is InChI=1S/C26H22ClN3O3S/c1-17-7-6-8-19-15-22(26(27)28-25(17)19)24-16-23(18-11-13-20(33-2)14-12-18)29-30(24)34(31,32)21-9-4-3-5-10-21/h3-15,24H,16H2,1-2H3/t24-/m1/s1. The second-order valence-electron chi connectivity index (χ2n) is 8.10. The molecule has 5 rings (SSSR count).